The highest BCUT2D eigenvalue weighted by molar-refractivity contribution is 5.76. The lowest BCUT2D eigenvalue weighted by Crippen LogP contribution is -2.32. The fourth-order valence-corrected chi connectivity index (χ4v) is 1.49. The van der Waals surface area contributed by atoms with Gasteiger partial charge in [0.1, 0.15) is 0 Å². The van der Waals surface area contributed by atoms with Gasteiger partial charge in [0.2, 0.25) is 0 Å². The monoisotopic (exact) mass is 243 g/mol. The van der Waals surface area contributed by atoms with Crippen LogP contribution in [0.1, 0.15) is 17.4 Å². The number of carbonyl (C=O) groups excluding carboxylic acids is 1. The molecule has 0 aliphatic carbocycles. The van der Waals surface area contributed by atoms with Gasteiger partial charge in [0.15, 0.2) is 6.23 Å². The van der Waals surface area contributed by atoms with Crippen molar-refractivity contribution in [2.24, 2.45) is 0 Å². The maximum Gasteiger partial charge on any atom is 0.491 e. The van der Waals surface area contributed by atoms with Gasteiger partial charge in [-0.3, -0.25) is 0 Å². The van der Waals surface area contributed by atoms with Crippen LogP contribution in [0.3, 0.4) is 0 Å². The molecule has 0 saturated heterocycles. The number of ether oxygens (including phenoxy) is 1. The molecule has 3 nitrogen and oxygen atoms in total. The van der Waals surface area contributed by atoms with Gasteiger partial charge in [-0.15, -0.1) is 0 Å². The molecule has 1 unspecified atom stereocenters. The third-order valence-electron chi connectivity index (χ3n) is 2.25. The van der Waals surface area contributed by atoms with Crippen LogP contribution in [-0.4, -0.2) is 12.1 Å². The van der Waals surface area contributed by atoms with Crippen molar-refractivity contribution in [2.45, 2.75) is 12.4 Å². The maximum absolute atomic E-state index is 12.1. The molecule has 17 heavy (non-hydrogen) atoms. The molecule has 0 radical (unpaired) electrons. The van der Waals surface area contributed by atoms with E-state index in [9.17, 15) is 18.0 Å². The molecule has 1 aliphatic heterocycles. The fourth-order valence-electron chi connectivity index (χ4n) is 1.49. The van der Waals surface area contributed by atoms with Gasteiger partial charge in [0, 0.05) is 11.8 Å². The Bertz CT molecular complexity index is 468. The van der Waals surface area contributed by atoms with Gasteiger partial charge in [0.25, 0.3) is 0 Å². The first-order valence-corrected chi connectivity index (χ1v) is 4.78. The Labute approximate surface area is 94.9 Å². The highest BCUT2D eigenvalue weighted by atomic mass is 19.4. The Balaban J connectivity index is 2.20. The highest BCUT2D eigenvalue weighted by Gasteiger charge is 2.42. The van der Waals surface area contributed by atoms with Gasteiger partial charge >= 0.3 is 12.1 Å². The summed E-state index contributed by atoms with van der Waals surface area (Å²) < 4.78 is 40.5. The van der Waals surface area contributed by atoms with Crippen molar-refractivity contribution in [1.82, 2.24) is 5.32 Å². The number of fused-ring (bicyclic) bond motifs is 1. The van der Waals surface area contributed by atoms with Crippen molar-refractivity contribution in [3.63, 3.8) is 0 Å². The Kier molecular flexibility index (Phi) is 2.79. The largest absolute Gasteiger partial charge is 0.491 e. The molecule has 0 aromatic heterocycles. The standard InChI is InChI=1S/C11H8F3NO2/c12-11(13,14)10(16)17-9-8-4-2-1-3-7(8)5-6-15-9/h1-6,9,15H. The third-order valence-corrected chi connectivity index (χ3v) is 2.25. The molecule has 1 aromatic rings. The molecular formula is C11H8F3NO2. The minimum atomic E-state index is -4.99. The van der Waals surface area contributed by atoms with Crippen molar-refractivity contribution in [2.75, 3.05) is 0 Å². The van der Waals surface area contributed by atoms with E-state index in [1.807, 2.05) is 0 Å². The summed E-state index contributed by atoms with van der Waals surface area (Å²) in [5.41, 5.74) is 1.21. The second kappa shape index (κ2) is 4.12. The summed E-state index contributed by atoms with van der Waals surface area (Å²) in [5.74, 6) is -2.21. The lowest BCUT2D eigenvalue weighted by Gasteiger charge is -2.23. The van der Waals surface area contributed by atoms with E-state index in [0.29, 0.717) is 11.1 Å². The van der Waals surface area contributed by atoms with Gasteiger partial charge in [-0.25, -0.2) is 4.79 Å². The van der Waals surface area contributed by atoms with Crippen LogP contribution in [-0.2, 0) is 9.53 Å². The average molecular weight is 243 g/mol. The third kappa shape index (κ3) is 2.41. The number of nitrogens with one attached hydrogen (secondary N) is 1. The van der Waals surface area contributed by atoms with Crippen LogP contribution in [0.4, 0.5) is 13.2 Å². The maximum atomic E-state index is 12.1. The Morgan fingerprint density at radius 3 is 2.71 bits per heavy atom. The molecule has 2 rings (SSSR count). The van der Waals surface area contributed by atoms with Gasteiger partial charge in [-0.1, -0.05) is 24.3 Å². The molecule has 0 fully saturated rings. The first-order valence-electron chi connectivity index (χ1n) is 4.78. The summed E-state index contributed by atoms with van der Waals surface area (Å²) in [6.45, 7) is 0. The van der Waals surface area contributed by atoms with Gasteiger partial charge in [-0.05, 0) is 11.6 Å². The van der Waals surface area contributed by atoms with Crippen LogP contribution in [0.15, 0.2) is 30.5 Å². The Morgan fingerprint density at radius 1 is 1.29 bits per heavy atom. The lowest BCUT2D eigenvalue weighted by atomic mass is 10.0. The van der Waals surface area contributed by atoms with E-state index >= 15 is 0 Å². The molecule has 1 atom stereocenters. The van der Waals surface area contributed by atoms with Crippen LogP contribution in [0, 0.1) is 0 Å². The summed E-state index contributed by atoms with van der Waals surface area (Å²) in [6, 6.07) is 6.73. The van der Waals surface area contributed by atoms with Gasteiger partial charge < -0.3 is 10.1 Å². The zero-order valence-corrected chi connectivity index (χ0v) is 8.49. The molecule has 1 heterocycles. The molecule has 0 amide bonds. The molecule has 90 valence electrons. The number of carbonyl (C=O) groups is 1. The number of halogens is 3. The molecular weight excluding hydrogens is 235 g/mol. The topological polar surface area (TPSA) is 38.3 Å². The second-order valence-electron chi connectivity index (χ2n) is 3.41. The lowest BCUT2D eigenvalue weighted by molar-refractivity contribution is -0.206. The smallest absolute Gasteiger partial charge is 0.431 e. The van der Waals surface area contributed by atoms with Crippen LogP contribution in [0.2, 0.25) is 0 Å². The number of rotatable bonds is 1. The number of hydrogen-bond donors (Lipinski definition) is 1. The van der Waals surface area contributed by atoms with E-state index in [4.69, 9.17) is 0 Å². The quantitative estimate of drug-likeness (QED) is 0.769. The zero-order chi connectivity index (χ0) is 12.5. The number of hydrogen-bond acceptors (Lipinski definition) is 3. The van der Waals surface area contributed by atoms with Crippen molar-refractivity contribution >= 4 is 12.0 Å². The average Bonchev–Trinajstić information content (AvgIpc) is 2.28. The summed E-state index contributed by atoms with van der Waals surface area (Å²) in [7, 11) is 0. The number of esters is 1. The summed E-state index contributed by atoms with van der Waals surface area (Å²) in [4.78, 5) is 10.7. The van der Waals surface area contributed by atoms with E-state index in [-0.39, 0.29) is 0 Å². The fraction of sp³-hybridized carbons (Fsp3) is 0.182. The normalized spacial score (nSPS) is 18.2. The second-order valence-corrected chi connectivity index (χ2v) is 3.41. The highest BCUT2D eigenvalue weighted by Crippen LogP contribution is 2.27. The minimum absolute atomic E-state index is 0.493. The first-order chi connectivity index (χ1) is 7.98. The zero-order valence-electron chi connectivity index (χ0n) is 8.49. The minimum Gasteiger partial charge on any atom is -0.431 e. The van der Waals surface area contributed by atoms with Crippen LogP contribution < -0.4 is 5.32 Å². The Morgan fingerprint density at radius 2 is 2.00 bits per heavy atom. The predicted octanol–water partition coefficient (Wildman–Crippen LogP) is 2.36. The number of benzene rings is 1. The van der Waals surface area contributed by atoms with Crippen molar-refractivity contribution in [3.8, 4) is 0 Å². The molecule has 0 bridgehead atoms. The predicted molar refractivity (Wildman–Crippen MR) is 53.5 cm³/mol. The molecule has 0 spiro atoms. The van der Waals surface area contributed by atoms with Crippen LogP contribution in [0.5, 0.6) is 0 Å². The van der Waals surface area contributed by atoms with Gasteiger partial charge in [-0.2, -0.15) is 13.2 Å². The number of alkyl halides is 3. The summed E-state index contributed by atoms with van der Waals surface area (Å²) >= 11 is 0. The molecule has 1 aromatic carbocycles. The molecule has 1 aliphatic rings. The summed E-state index contributed by atoms with van der Waals surface area (Å²) in [6.07, 6.45) is -2.97. The van der Waals surface area contributed by atoms with Crippen molar-refractivity contribution < 1.29 is 22.7 Å². The van der Waals surface area contributed by atoms with Crippen molar-refractivity contribution in [1.29, 1.82) is 0 Å². The summed E-state index contributed by atoms with van der Waals surface area (Å²) in [5, 5.41) is 2.55. The molecule has 0 saturated carbocycles. The van der Waals surface area contributed by atoms with E-state index in [0.717, 1.165) is 0 Å². The first kappa shape index (κ1) is 11.5. The van der Waals surface area contributed by atoms with Crippen LogP contribution >= 0.6 is 0 Å². The molecule has 1 N–H and O–H groups in total. The van der Waals surface area contributed by atoms with E-state index in [1.165, 1.54) is 6.20 Å². The Hall–Kier alpha value is -1.98. The van der Waals surface area contributed by atoms with E-state index < -0.39 is 18.4 Å². The van der Waals surface area contributed by atoms with E-state index in [1.54, 1.807) is 30.3 Å². The van der Waals surface area contributed by atoms with Crippen molar-refractivity contribution in [3.05, 3.63) is 41.6 Å². The van der Waals surface area contributed by atoms with Crippen LogP contribution in [0.25, 0.3) is 6.08 Å². The van der Waals surface area contributed by atoms with E-state index in [2.05, 4.69) is 10.1 Å². The van der Waals surface area contributed by atoms with Gasteiger partial charge in [0.05, 0.1) is 0 Å². The SMILES string of the molecule is O=C(OC1NC=Cc2ccccc21)C(F)(F)F. The molecule has 6 heteroatoms.